The molecule has 0 amide bonds. The highest BCUT2D eigenvalue weighted by Gasteiger charge is 2.09. The lowest BCUT2D eigenvalue weighted by molar-refractivity contribution is 0.630. The highest BCUT2D eigenvalue weighted by Crippen LogP contribution is 2.27. The molecule has 0 aliphatic carbocycles. The number of benzene rings is 1. The van der Waals surface area contributed by atoms with E-state index >= 15 is 0 Å². The van der Waals surface area contributed by atoms with E-state index < -0.39 is 0 Å². The molecule has 2 rings (SSSR count). The average molecular weight is 307 g/mol. The number of aromatic nitrogens is 1. The molecule has 0 aliphatic rings. The third-order valence-electron chi connectivity index (χ3n) is 1.87. The minimum absolute atomic E-state index is 0.282. The monoisotopic (exact) mass is 305 g/mol. The molecule has 0 aliphatic heterocycles. The van der Waals surface area contributed by atoms with Gasteiger partial charge in [-0.1, -0.05) is 15.9 Å². The number of halogens is 3. The first-order chi connectivity index (χ1) is 7.20. The Kier molecular flexibility index (Phi) is 3.38. The smallest absolute Gasteiger partial charge is 0.133 e. The van der Waals surface area contributed by atoms with Gasteiger partial charge in [0.25, 0.3) is 0 Å². The Morgan fingerprint density at radius 2 is 2.27 bits per heavy atom. The van der Waals surface area contributed by atoms with Crippen LogP contribution in [0, 0.1) is 5.82 Å². The molecule has 78 valence electrons. The van der Waals surface area contributed by atoms with Gasteiger partial charge in [0.2, 0.25) is 0 Å². The Morgan fingerprint density at radius 1 is 1.47 bits per heavy atom. The summed E-state index contributed by atoms with van der Waals surface area (Å²) in [6, 6.07) is 4.92. The van der Waals surface area contributed by atoms with Gasteiger partial charge in [-0.15, -0.1) is 22.9 Å². The molecule has 1 nitrogen and oxygen atoms in total. The molecule has 0 radical (unpaired) electrons. The molecule has 15 heavy (non-hydrogen) atoms. The van der Waals surface area contributed by atoms with Gasteiger partial charge in [0.05, 0.1) is 11.6 Å². The van der Waals surface area contributed by atoms with Crippen molar-refractivity contribution in [3.8, 4) is 11.3 Å². The summed E-state index contributed by atoms with van der Waals surface area (Å²) in [5.41, 5.74) is 1.14. The van der Waals surface area contributed by atoms with Gasteiger partial charge >= 0.3 is 0 Å². The number of hydrogen-bond donors (Lipinski definition) is 0. The first kappa shape index (κ1) is 11.0. The van der Waals surface area contributed by atoms with Crippen molar-refractivity contribution in [1.82, 2.24) is 4.98 Å². The predicted octanol–water partition coefficient (Wildman–Crippen LogP) is 4.45. The molecule has 0 bridgehead atoms. The number of rotatable bonds is 2. The second-order valence-electron chi connectivity index (χ2n) is 2.88. The van der Waals surface area contributed by atoms with E-state index in [0.717, 1.165) is 9.48 Å². The summed E-state index contributed by atoms with van der Waals surface area (Å²) in [7, 11) is 0. The van der Waals surface area contributed by atoms with Gasteiger partial charge in [0, 0.05) is 15.4 Å². The Balaban J connectivity index is 2.44. The molecule has 0 spiro atoms. The van der Waals surface area contributed by atoms with E-state index in [0.29, 0.717) is 17.1 Å². The van der Waals surface area contributed by atoms with E-state index in [4.69, 9.17) is 11.6 Å². The lowest BCUT2D eigenvalue weighted by atomic mass is 10.2. The van der Waals surface area contributed by atoms with Gasteiger partial charge < -0.3 is 0 Å². The molecule has 1 aromatic heterocycles. The lowest BCUT2D eigenvalue weighted by Gasteiger charge is -1.99. The fourth-order valence-corrected chi connectivity index (χ4v) is 2.42. The molecule has 2 aromatic rings. The zero-order valence-electron chi connectivity index (χ0n) is 7.51. The number of hydrogen-bond acceptors (Lipinski definition) is 2. The normalized spacial score (nSPS) is 10.6. The van der Waals surface area contributed by atoms with Crippen molar-refractivity contribution in [1.29, 1.82) is 0 Å². The predicted molar refractivity (Wildman–Crippen MR) is 64.8 cm³/mol. The van der Waals surface area contributed by atoms with Gasteiger partial charge in [0.1, 0.15) is 10.8 Å². The molecule has 0 saturated carbocycles. The lowest BCUT2D eigenvalue weighted by Crippen LogP contribution is -1.85. The molecular weight excluding hydrogens is 301 g/mol. The van der Waals surface area contributed by atoms with E-state index in [9.17, 15) is 4.39 Å². The largest absolute Gasteiger partial charge is 0.240 e. The van der Waals surface area contributed by atoms with Crippen LogP contribution in [0.15, 0.2) is 28.1 Å². The molecule has 1 heterocycles. The quantitative estimate of drug-likeness (QED) is 0.747. The van der Waals surface area contributed by atoms with E-state index in [1.807, 2.05) is 5.38 Å². The van der Waals surface area contributed by atoms with Crippen molar-refractivity contribution in [2.75, 3.05) is 0 Å². The average Bonchev–Trinajstić information content (AvgIpc) is 2.66. The summed E-state index contributed by atoms with van der Waals surface area (Å²) in [6.07, 6.45) is 0. The highest BCUT2D eigenvalue weighted by atomic mass is 79.9. The van der Waals surface area contributed by atoms with Gasteiger partial charge in [-0.3, -0.25) is 0 Å². The first-order valence-electron chi connectivity index (χ1n) is 4.16. The molecule has 0 N–H and O–H groups in total. The molecule has 5 heteroatoms. The van der Waals surface area contributed by atoms with E-state index in [1.54, 1.807) is 12.1 Å². The van der Waals surface area contributed by atoms with E-state index in [-0.39, 0.29) is 5.82 Å². The van der Waals surface area contributed by atoms with Crippen molar-refractivity contribution in [3.05, 3.63) is 38.9 Å². The van der Waals surface area contributed by atoms with Crippen LogP contribution >= 0.6 is 38.9 Å². The zero-order chi connectivity index (χ0) is 10.8. The maximum absolute atomic E-state index is 13.6. The van der Waals surface area contributed by atoms with Crippen LogP contribution in [-0.4, -0.2) is 4.98 Å². The molecule has 0 atom stereocenters. The Morgan fingerprint density at radius 3 is 2.87 bits per heavy atom. The minimum Gasteiger partial charge on any atom is -0.240 e. The minimum atomic E-state index is -0.282. The van der Waals surface area contributed by atoms with Crippen LogP contribution in [-0.2, 0) is 5.88 Å². The number of alkyl halides is 1. The van der Waals surface area contributed by atoms with Crippen LogP contribution in [0.4, 0.5) is 4.39 Å². The van der Waals surface area contributed by atoms with Crippen molar-refractivity contribution < 1.29 is 4.39 Å². The second kappa shape index (κ2) is 4.60. The van der Waals surface area contributed by atoms with Crippen LogP contribution in [0.2, 0.25) is 0 Å². The van der Waals surface area contributed by atoms with Crippen molar-refractivity contribution in [2.24, 2.45) is 0 Å². The molecule has 0 fully saturated rings. The van der Waals surface area contributed by atoms with Gasteiger partial charge in [-0.05, 0) is 18.2 Å². The Bertz CT molecular complexity index is 486. The zero-order valence-corrected chi connectivity index (χ0v) is 10.7. The number of nitrogens with zero attached hydrogens (tertiary/aromatic N) is 1. The van der Waals surface area contributed by atoms with Crippen LogP contribution in [0.25, 0.3) is 11.3 Å². The standard InChI is InChI=1S/C10H6BrClFNS/c11-6-1-2-7(8(13)3-6)9-5-15-10(4-12)14-9/h1-3,5H,4H2. The fraction of sp³-hybridized carbons (Fsp3) is 0.100. The maximum Gasteiger partial charge on any atom is 0.133 e. The Hall–Kier alpha value is -0.450. The topological polar surface area (TPSA) is 12.9 Å². The summed E-state index contributed by atoms with van der Waals surface area (Å²) in [5.74, 6) is 0.0822. The molecular formula is C10H6BrClFNS. The fourth-order valence-electron chi connectivity index (χ4n) is 1.19. The molecule has 0 saturated heterocycles. The maximum atomic E-state index is 13.6. The van der Waals surface area contributed by atoms with Crippen molar-refractivity contribution >= 4 is 38.9 Å². The van der Waals surface area contributed by atoms with E-state index in [1.165, 1.54) is 17.4 Å². The Labute approximate surface area is 104 Å². The third kappa shape index (κ3) is 2.38. The van der Waals surface area contributed by atoms with Crippen molar-refractivity contribution in [2.45, 2.75) is 5.88 Å². The second-order valence-corrected chi connectivity index (χ2v) is 5.01. The van der Waals surface area contributed by atoms with Gasteiger partial charge in [0.15, 0.2) is 0 Å². The summed E-state index contributed by atoms with van der Waals surface area (Å²) < 4.78 is 14.3. The molecule has 0 unspecified atom stereocenters. The van der Waals surface area contributed by atoms with Crippen LogP contribution in [0.3, 0.4) is 0 Å². The van der Waals surface area contributed by atoms with Crippen LogP contribution < -0.4 is 0 Å². The molecule has 1 aromatic carbocycles. The van der Waals surface area contributed by atoms with Crippen LogP contribution in [0.1, 0.15) is 5.01 Å². The first-order valence-corrected chi connectivity index (χ1v) is 6.37. The summed E-state index contributed by atoms with van der Waals surface area (Å²) in [4.78, 5) is 4.22. The summed E-state index contributed by atoms with van der Waals surface area (Å²) >= 11 is 10.3. The SMILES string of the molecule is Fc1cc(Br)ccc1-c1csc(CCl)n1. The van der Waals surface area contributed by atoms with Crippen molar-refractivity contribution in [3.63, 3.8) is 0 Å². The van der Waals surface area contributed by atoms with Gasteiger partial charge in [-0.2, -0.15) is 0 Å². The highest BCUT2D eigenvalue weighted by molar-refractivity contribution is 9.10. The van der Waals surface area contributed by atoms with Gasteiger partial charge in [-0.25, -0.2) is 9.37 Å². The van der Waals surface area contributed by atoms with Crippen LogP contribution in [0.5, 0.6) is 0 Å². The summed E-state index contributed by atoms with van der Waals surface area (Å²) in [5, 5.41) is 2.61. The van der Waals surface area contributed by atoms with E-state index in [2.05, 4.69) is 20.9 Å². The third-order valence-corrected chi connectivity index (χ3v) is 3.63. The number of thiazole rings is 1. The summed E-state index contributed by atoms with van der Waals surface area (Å²) in [6.45, 7) is 0.